The van der Waals surface area contributed by atoms with Crippen molar-refractivity contribution < 1.29 is 4.79 Å². The van der Waals surface area contributed by atoms with Crippen molar-refractivity contribution in [1.29, 1.82) is 0 Å². The van der Waals surface area contributed by atoms with Crippen molar-refractivity contribution in [3.63, 3.8) is 0 Å². The highest BCUT2D eigenvalue weighted by Crippen LogP contribution is 2.29. The van der Waals surface area contributed by atoms with E-state index in [-0.39, 0.29) is 5.91 Å². The molecule has 1 rings (SSSR count). The molecule has 3 nitrogen and oxygen atoms in total. The lowest BCUT2D eigenvalue weighted by Gasteiger charge is -2.31. The average Bonchev–Trinajstić information content (AvgIpc) is 2.18. The van der Waals surface area contributed by atoms with Gasteiger partial charge in [-0.3, -0.25) is 4.79 Å². The summed E-state index contributed by atoms with van der Waals surface area (Å²) in [6.45, 7) is 5.03. The van der Waals surface area contributed by atoms with E-state index in [1.165, 1.54) is 12.8 Å². The lowest BCUT2D eigenvalue weighted by molar-refractivity contribution is -0.121. The van der Waals surface area contributed by atoms with Crippen molar-refractivity contribution in [2.75, 3.05) is 6.54 Å². The van der Waals surface area contributed by atoms with Crippen LogP contribution < -0.4 is 11.1 Å². The first-order chi connectivity index (χ1) is 7.13. The Bertz CT molecular complexity index is 196. The van der Waals surface area contributed by atoms with Crippen LogP contribution in [0.1, 0.15) is 46.0 Å². The van der Waals surface area contributed by atoms with E-state index in [0.717, 1.165) is 24.7 Å². The molecule has 88 valence electrons. The molecule has 0 aliphatic heterocycles. The molecule has 0 heterocycles. The quantitative estimate of drug-likeness (QED) is 0.744. The number of amides is 1. The molecule has 0 unspecified atom stereocenters. The van der Waals surface area contributed by atoms with E-state index in [1.807, 2.05) is 0 Å². The fraction of sp³-hybridized carbons (Fsp3) is 0.917. The van der Waals surface area contributed by atoms with Gasteiger partial charge < -0.3 is 11.1 Å². The van der Waals surface area contributed by atoms with Crippen molar-refractivity contribution in [2.45, 2.75) is 52.0 Å². The number of carbonyl (C=O) groups excluding carboxylic acids is 1. The van der Waals surface area contributed by atoms with Crippen molar-refractivity contribution in [2.24, 2.45) is 17.6 Å². The van der Waals surface area contributed by atoms with Crippen molar-refractivity contribution >= 4 is 5.91 Å². The minimum atomic E-state index is 0.116. The Kier molecular flexibility index (Phi) is 5.09. The molecule has 3 N–H and O–H groups in total. The Hall–Kier alpha value is -0.570. The predicted octanol–water partition coefficient (Wildman–Crippen LogP) is 1.67. The summed E-state index contributed by atoms with van der Waals surface area (Å²) in [5, 5.41) is 3.06. The second-order valence-electron chi connectivity index (χ2n) is 4.96. The number of nitrogens with one attached hydrogen (secondary N) is 1. The first-order valence-electron chi connectivity index (χ1n) is 6.13. The minimum Gasteiger partial charge on any atom is -0.353 e. The molecule has 1 aliphatic rings. The fourth-order valence-corrected chi connectivity index (χ4v) is 2.36. The summed E-state index contributed by atoms with van der Waals surface area (Å²) in [4.78, 5) is 11.3. The Morgan fingerprint density at radius 1 is 1.33 bits per heavy atom. The van der Waals surface area contributed by atoms with Gasteiger partial charge in [-0.05, 0) is 37.5 Å². The zero-order valence-electron chi connectivity index (χ0n) is 9.96. The standard InChI is InChI=1S/C12H24N2O/c1-9(2)10-3-5-11(6-4-10)14-12(15)7-8-13/h9-11H,3-8,13H2,1-2H3,(H,14,15)/t10-,11-. The van der Waals surface area contributed by atoms with E-state index in [0.29, 0.717) is 19.0 Å². The van der Waals surface area contributed by atoms with Gasteiger partial charge in [-0.2, -0.15) is 0 Å². The molecule has 15 heavy (non-hydrogen) atoms. The highest BCUT2D eigenvalue weighted by molar-refractivity contribution is 5.76. The van der Waals surface area contributed by atoms with Crippen LogP contribution in [0.2, 0.25) is 0 Å². The number of nitrogens with two attached hydrogens (primary N) is 1. The third kappa shape index (κ3) is 4.20. The monoisotopic (exact) mass is 212 g/mol. The Morgan fingerprint density at radius 2 is 1.93 bits per heavy atom. The lowest BCUT2D eigenvalue weighted by atomic mass is 9.80. The second kappa shape index (κ2) is 6.11. The normalized spacial score (nSPS) is 26.7. The second-order valence-corrected chi connectivity index (χ2v) is 4.96. The van der Waals surface area contributed by atoms with Crippen LogP contribution in [0.5, 0.6) is 0 Å². The van der Waals surface area contributed by atoms with E-state index in [2.05, 4.69) is 19.2 Å². The average molecular weight is 212 g/mol. The van der Waals surface area contributed by atoms with Gasteiger partial charge in [0.2, 0.25) is 5.91 Å². The van der Waals surface area contributed by atoms with Crippen LogP contribution in [0.25, 0.3) is 0 Å². The Morgan fingerprint density at radius 3 is 2.40 bits per heavy atom. The molecule has 0 saturated heterocycles. The van der Waals surface area contributed by atoms with Gasteiger partial charge in [0.25, 0.3) is 0 Å². The van der Waals surface area contributed by atoms with Crippen molar-refractivity contribution in [3.05, 3.63) is 0 Å². The molecule has 1 aliphatic carbocycles. The van der Waals surface area contributed by atoms with Gasteiger partial charge in [0.1, 0.15) is 0 Å². The highest BCUT2D eigenvalue weighted by atomic mass is 16.1. The molecule has 0 bridgehead atoms. The lowest BCUT2D eigenvalue weighted by Crippen LogP contribution is -2.38. The van der Waals surface area contributed by atoms with Crippen LogP contribution in [-0.4, -0.2) is 18.5 Å². The van der Waals surface area contributed by atoms with Gasteiger partial charge in [-0.15, -0.1) is 0 Å². The topological polar surface area (TPSA) is 55.1 Å². The fourth-order valence-electron chi connectivity index (χ4n) is 2.36. The molecule has 0 spiro atoms. The molecule has 0 radical (unpaired) electrons. The SMILES string of the molecule is CC(C)[C@H]1CC[C@H](NC(=O)CCN)CC1. The van der Waals surface area contributed by atoms with Crippen LogP contribution in [0.15, 0.2) is 0 Å². The number of carbonyl (C=O) groups is 1. The van der Waals surface area contributed by atoms with E-state index >= 15 is 0 Å². The van der Waals surface area contributed by atoms with E-state index in [1.54, 1.807) is 0 Å². The zero-order valence-corrected chi connectivity index (χ0v) is 9.96. The largest absolute Gasteiger partial charge is 0.353 e. The molecule has 0 atom stereocenters. The van der Waals surface area contributed by atoms with Crippen LogP contribution in [-0.2, 0) is 4.79 Å². The smallest absolute Gasteiger partial charge is 0.221 e. The van der Waals surface area contributed by atoms with Gasteiger partial charge in [0, 0.05) is 19.0 Å². The predicted molar refractivity (Wildman–Crippen MR) is 62.4 cm³/mol. The maximum absolute atomic E-state index is 11.3. The minimum absolute atomic E-state index is 0.116. The molecule has 1 fully saturated rings. The molecular weight excluding hydrogens is 188 g/mol. The summed E-state index contributed by atoms with van der Waals surface area (Å²) in [5.41, 5.74) is 5.34. The van der Waals surface area contributed by atoms with Gasteiger partial charge in [-0.25, -0.2) is 0 Å². The molecule has 0 aromatic rings. The van der Waals surface area contributed by atoms with Crippen LogP contribution >= 0.6 is 0 Å². The van der Waals surface area contributed by atoms with Crippen molar-refractivity contribution in [3.8, 4) is 0 Å². The first kappa shape index (κ1) is 12.5. The third-order valence-corrected chi connectivity index (χ3v) is 3.45. The summed E-state index contributed by atoms with van der Waals surface area (Å²) >= 11 is 0. The maximum atomic E-state index is 11.3. The Labute approximate surface area is 92.8 Å². The van der Waals surface area contributed by atoms with Gasteiger partial charge in [0.15, 0.2) is 0 Å². The highest BCUT2D eigenvalue weighted by Gasteiger charge is 2.23. The van der Waals surface area contributed by atoms with Gasteiger partial charge in [0.05, 0.1) is 0 Å². The summed E-state index contributed by atoms with van der Waals surface area (Å²) in [6, 6.07) is 0.402. The molecule has 3 heteroatoms. The number of hydrogen-bond acceptors (Lipinski definition) is 2. The molecule has 0 aromatic carbocycles. The van der Waals surface area contributed by atoms with Gasteiger partial charge in [-0.1, -0.05) is 13.8 Å². The zero-order chi connectivity index (χ0) is 11.3. The Balaban J connectivity index is 2.22. The molecular formula is C12H24N2O. The van der Waals surface area contributed by atoms with Crippen LogP contribution in [0.3, 0.4) is 0 Å². The number of rotatable bonds is 4. The summed E-state index contributed by atoms with van der Waals surface area (Å²) < 4.78 is 0. The van der Waals surface area contributed by atoms with E-state index in [4.69, 9.17) is 5.73 Å². The van der Waals surface area contributed by atoms with Crippen LogP contribution in [0, 0.1) is 11.8 Å². The molecule has 0 aromatic heterocycles. The summed E-state index contributed by atoms with van der Waals surface area (Å²) in [6.07, 6.45) is 5.25. The third-order valence-electron chi connectivity index (χ3n) is 3.45. The molecule has 1 saturated carbocycles. The summed E-state index contributed by atoms with van der Waals surface area (Å²) in [7, 11) is 0. The van der Waals surface area contributed by atoms with E-state index < -0.39 is 0 Å². The summed E-state index contributed by atoms with van der Waals surface area (Å²) in [5.74, 6) is 1.75. The van der Waals surface area contributed by atoms with Gasteiger partial charge >= 0.3 is 0 Å². The van der Waals surface area contributed by atoms with Crippen molar-refractivity contribution in [1.82, 2.24) is 5.32 Å². The first-order valence-corrected chi connectivity index (χ1v) is 6.13. The van der Waals surface area contributed by atoms with E-state index in [9.17, 15) is 4.79 Å². The van der Waals surface area contributed by atoms with Crippen LogP contribution in [0.4, 0.5) is 0 Å². The maximum Gasteiger partial charge on any atom is 0.221 e. The number of hydrogen-bond donors (Lipinski definition) is 2. The molecule has 1 amide bonds.